The number of Topliss-reactive ketones (excluding diaryl/α,β-unsaturated/α-hetero) is 1. The van der Waals surface area contributed by atoms with Crippen LogP contribution in [-0.4, -0.2) is 29.9 Å². The van der Waals surface area contributed by atoms with E-state index in [9.17, 15) is 14.4 Å². The minimum Gasteiger partial charge on any atom is -0.463 e. The zero-order valence-corrected chi connectivity index (χ0v) is 9.58. The van der Waals surface area contributed by atoms with E-state index < -0.39 is 17.5 Å². The zero-order valence-electron chi connectivity index (χ0n) is 9.58. The first-order valence-electron chi connectivity index (χ1n) is 5.38. The van der Waals surface area contributed by atoms with Crippen molar-refractivity contribution in [2.75, 3.05) is 6.61 Å². The van der Waals surface area contributed by atoms with Gasteiger partial charge < -0.3 is 9.47 Å². The minimum atomic E-state index is -1.24. The Bertz CT molecular complexity index is 297. The topological polar surface area (TPSA) is 69.7 Å². The molecule has 0 bridgehead atoms. The number of hydrogen-bond donors (Lipinski definition) is 0. The molecule has 0 unspecified atom stereocenters. The molecule has 0 amide bonds. The Balaban J connectivity index is 2.80. The van der Waals surface area contributed by atoms with Gasteiger partial charge in [0.05, 0.1) is 6.61 Å². The Morgan fingerprint density at radius 3 is 2.31 bits per heavy atom. The summed E-state index contributed by atoms with van der Waals surface area (Å²) >= 11 is 0. The third-order valence-electron chi connectivity index (χ3n) is 2.60. The van der Waals surface area contributed by atoms with Crippen molar-refractivity contribution in [3.05, 3.63) is 0 Å². The Hall–Kier alpha value is -1.39. The van der Waals surface area contributed by atoms with Gasteiger partial charge in [0.1, 0.15) is 5.78 Å². The summed E-state index contributed by atoms with van der Waals surface area (Å²) < 4.78 is 9.97. The van der Waals surface area contributed by atoms with Crippen molar-refractivity contribution in [3.8, 4) is 0 Å². The quantitative estimate of drug-likeness (QED) is 0.674. The maximum Gasteiger partial charge on any atom is 0.350 e. The number of rotatable bonds is 3. The summed E-state index contributed by atoms with van der Waals surface area (Å²) in [6.45, 7) is 3.17. The number of carbonyl (C=O) groups excluding carboxylic acids is 3. The normalized spacial score (nSPS) is 19.0. The highest BCUT2D eigenvalue weighted by Crippen LogP contribution is 2.31. The molecule has 0 aromatic heterocycles. The van der Waals surface area contributed by atoms with Crippen molar-refractivity contribution in [2.45, 2.75) is 45.1 Å². The Morgan fingerprint density at radius 2 is 1.88 bits per heavy atom. The van der Waals surface area contributed by atoms with Crippen LogP contribution in [0.1, 0.15) is 39.5 Å². The molecule has 1 rings (SSSR count). The third-order valence-corrected chi connectivity index (χ3v) is 2.60. The number of ketones is 1. The second-order valence-corrected chi connectivity index (χ2v) is 3.85. The Kier molecular flexibility index (Phi) is 4.04. The fraction of sp³-hybridized carbons (Fsp3) is 0.727. The number of esters is 2. The standard InChI is InChI=1S/C11H16O5/c1-3-15-10(14)11(16-8(2)12)6-4-9(13)5-7-11/h3-7H2,1-2H3. The van der Waals surface area contributed by atoms with E-state index in [4.69, 9.17) is 9.47 Å². The predicted molar refractivity (Wildman–Crippen MR) is 54.6 cm³/mol. The highest BCUT2D eigenvalue weighted by molar-refractivity contribution is 5.88. The number of carbonyl (C=O) groups is 3. The zero-order chi connectivity index (χ0) is 12.2. The lowest BCUT2D eigenvalue weighted by atomic mass is 9.84. The van der Waals surface area contributed by atoms with Crippen LogP contribution in [0.5, 0.6) is 0 Å². The second kappa shape index (κ2) is 5.09. The van der Waals surface area contributed by atoms with Crippen molar-refractivity contribution >= 4 is 17.7 Å². The van der Waals surface area contributed by atoms with Gasteiger partial charge in [-0.3, -0.25) is 9.59 Å². The van der Waals surface area contributed by atoms with Gasteiger partial charge in [-0.25, -0.2) is 4.79 Å². The van der Waals surface area contributed by atoms with Crippen LogP contribution in [0.25, 0.3) is 0 Å². The molecule has 0 saturated heterocycles. The molecule has 1 saturated carbocycles. The van der Waals surface area contributed by atoms with Gasteiger partial charge in [0.2, 0.25) is 5.60 Å². The maximum absolute atomic E-state index is 11.8. The van der Waals surface area contributed by atoms with E-state index in [1.54, 1.807) is 6.92 Å². The molecule has 5 nitrogen and oxygen atoms in total. The van der Waals surface area contributed by atoms with Gasteiger partial charge in [0, 0.05) is 32.6 Å². The highest BCUT2D eigenvalue weighted by atomic mass is 16.6. The van der Waals surface area contributed by atoms with Crippen LogP contribution in [0.4, 0.5) is 0 Å². The minimum absolute atomic E-state index is 0.0899. The molecule has 0 atom stereocenters. The second-order valence-electron chi connectivity index (χ2n) is 3.85. The van der Waals surface area contributed by atoms with E-state index in [0.29, 0.717) is 0 Å². The molecule has 0 aromatic rings. The van der Waals surface area contributed by atoms with E-state index in [-0.39, 0.29) is 38.1 Å². The van der Waals surface area contributed by atoms with Gasteiger partial charge in [-0.1, -0.05) is 0 Å². The van der Waals surface area contributed by atoms with Crippen molar-refractivity contribution in [3.63, 3.8) is 0 Å². The average Bonchev–Trinajstić information content (AvgIpc) is 2.21. The van der Waals surface area contributed by atoms with Crippen molar-refractivity contribution in [1.82, 2.24) is 0 Å². The first-order valence-corrected chi connectivity index (χ1v) is 5.38. The summed E-state index contributed by atoms with van der Waals surface area (Å²) in [5, 5.41) is 0. The number of ether oxygens (including phenoxy) is 2. The molecule has 0 aliphatic heterocycles. The van der Waals surface area contributed by atoms with Crippen LogP contribution in [0.3, 0.4) is 0 Å². The number of hydrogen-bond acceptors (Lipinski definition) is 5. The van der Waals surface area contributed by atoms with Gasteiger partial charge in [-0.05, 0) is 6.92 Å². The first-order chi connectivity index (χ1) is 7.50. The molecule has 0 radical (unpaired) electrons. The summed E-state index contributed by atoms with van der Waals surface area (Å²) in [5.41, 5.74) is -1.24. The van der Waals surface area contributed by atoms with Crippen LogP contribution < -0.4 is 0 Å². The molecule has 1 aliphatic carbocycles. The van der Waals surface area contributed by atoms with E-state index in [1.165, 1.54) is 6.92 Å². The SMILES string of the molecule is CCOC(=O)C1(OC(C)=O)CCC(=O)CC1. The molecule has 0 heterocycles. The molecule has 5 heteroatoms. The van der Waals surface area contributed by atoms with Crippen LogP contribution in [-0.2, 0) is 23.9 Å². The Labute approximate surface area is 94.1 Å². The van der Waals surface area contributed by atoms with Gasteiger partial charge >= 0.3 is 11.9 Å². The van der Waals surface area contributed by atoms with Crippen LogP contribution in [0.15, 0.2) is 0 Å². The summed E-state index contributed by atoms with van der Waals surface area (Å²) in [5.74, 6) is -0.979. The third kappa shape index (κ3) is 2.81. The molecule has 1 aliphatic rings. The fourth-order valence-corrected chi connectivity index (χ4v) is 1.82. The molecule has 0 aromatic carbocycles. The van der Waals surface area contributed by atoms with Crippen molar-refractivity contribution in [2.24, 2.45) is 0 Å². The molecule has 1 fully saturated rings. The van der Waals surface area contributed by atoms with Crippen LogP contribution >= 0.6 is 0 Å². The molecule has 90 valence electrons. The van der Waals surface area contributed by atoms with Gasteiger partial charge in [0.15, 0.2) is 0 Å². The first kappa shape index (κ1) is 12.7. The van der Waals surface area contributed by atoms with E-state index in [2.05, 4.69) is 0 Å². The van der Waals surface area contributed by atoms with E-state index in [0.717, 1.165) is 0 Å². The molecule has 0 N–H and O–H groups in total. The smallest absolute Gasteiger partial charge is 0.350 e. The van der Waals surface area contributed by atoms with Crippen LogP contribution in [0, 0.1) is 0 Å². The molecule has 16 heavy (non-hydrogen) atoms. The lowest BCUT2D eigenvalue weighted by molar-refractivity contribution is -0.185. The monoisotopic (exact) mass is 228 g/mol. The van der Waals surface area contributed by atoms with Crippen LogP contribution in [0.2, 0.25) is 0 Å². The van der Waals surface area contributed by atoms with Gasteiger partial charge in [-0.2, -0.15) is 0 Å². The molecular weight excluding hydrogens is 212 g/mol. The summed E-state index contributed by atoms with van der Waals surface area (Å²) in [6.07, 6.45) is 0.965. The van der Waals surface area contributed by atoms with Gasteiger partial charge in [0.25, 0.3) is 0 Å². The van der Waals surface area contributed by atoms with Gasteiger partial charge in [-0.15, -0.1) is 0 Å². The Morgan fingerprint density at radius 1 is 1.31 bits per heavy atom. The lowest BCUT2D eigenvalue weighted by Gasteiger charge is -2.33. The summed E-state index contributed by atoms with van der Waals surface area (Å²) in [7, 11) is 0. The highest BCUT2D eigenvalue weighted by Gasteiger charge is 2.46. The lowest BCUT2D eigenvalue weighted by Crippen LogP contribution is -2.47. The van der Waals surface area contributed by atoms with Crippen molar-refractivity contribution in [1.29, 1.82) is 0 Å². The summed E-state index contributed by atoms with van der Waals surface area (Å²) in [4.78, 5) is 33.9. The predicted octanol–water partition coefficient (Wildman–Crippen LogP) is 0.995. The maximum atomic E-state index is 11.8. The largest absolute Gasteiger partial charge is 0.463 e. The average molecular weight is 228 g/mol. The van der Waals surface area contributed by atoms with E-state index in [1.807, 2.05) is 0 Å². The van der Waals surface area contributed by atoms with E-state index >= 15 is 0 Å². The summed E-state index contributed by atoms with van der Waals surface area (Å²) in [6, 6.07) is 0. The molecular formula is C11H16O5. The fourth-order valence-electron chi connectivity index (χ4n) is 1.82. The molecule has 0 spiro atoms. The van der Waals surface area contributed by atoms with Crippen molar-refractivity contribution < 1.29 is 23.9 Å².